The number of rotatable bonds is 5. The second kappa shape index (κ2) is 7.93. The molecular formula is C17H21N5O. The number of carbonyl (C=O) groups excluding carboxylic acids is 1. The number of hydrogen-bond donors (Lipinski definition) is 3. The van der Waals surface area contributed by atoms with Crippen LogP contribution in [0.4, 0.5) is 5.69 Å². The molecule has 0 fully saturated rings. The molecule has 2 rings (SSSR count). The van der Waals surface area contributed by atoms with Crippen LogP contribution in [0.5, 0.6) is 0 Å². The highest BCUT2D eigenvalue weighted by atomic mass is 16.1. The summed E-state index contributed by atoms with van der Waals surface area (Å²) in [6, 6.07) is 9.43. The predicted molar refractivity (Wildman–Crippen MR) is 92.6 cm³/mol. The Morgan fingerprint density at radius 3 is 2.78 bits per heavy atom. The summed E-state index contributed by atoms with van der Waals surface area (Å²) in [5.74, 6) is 0.151. The van der Waals surface area contributed by atoms with E-state index in [4.69, 9.17) is 5.73 Å². The summed E-state index contributed by atoms with van der Waals surface area (Å²) < 4.78 is 0. The largest absolute Gasteiger partial charge is 0.370 e. The average Bonchev–Trinajstić information content (AvgIpc) is 2.55. The van der Waals surface area contributed by atoms with Crippen LogP contribution in [-0.2, 0) is 0 Å². The summed E-state index contributed by atoms with van der Waals surface area (Å²) in [5, 5.41) is 5.80. The number of anilines is 1. The first-order valence-corrected chi connectivity index (χ1v) is 7.38. The Morgan fingerprint density at radius 2 is 2.09 bits per heavy atom. The highest BCUT2D eigenvalue weighted by Gasteiger charge is 2.03. The Bertz CT molecular complexity index is 697. The fourth-order valence-corrected chi connectivity index (χ4v) is 1.95. The van der Waals surface area contributed by atoms with Crippen LogP contribution in [0.2, 0.25) is 0 Å². The lowest BCUT2D eigenvalue weighted by molar-refractivity contribution is 0.0954. The molecule has 0 atom stereocenters. The van der Waals surface area contributed by atoms with Crippen LogP contribution in [0.25, 0.3) is 0 Å². The van der Waals surface area contributed by atoms with E-state index in [1.54, 1.807) is 18.3 Å². The molecule has 6 heteroatoms. The van der Waals surface area contributed by atoms with E-state index in [2.05, 4.69) is 27.5 Å². The maximum Gasteiger partial charge on any atom is 0.252 e. The summed E-state index contributed by atoms with van der Waals surface area (Å²) in [6.07, 6.45) is 3.15. The van der Waals surface area contributed by atoms with Gasteiger partial charge in [0.1, 0.15) is 0 Å². The molecule has 120 valence electrons. The van der Waals surface area contributed by atoms with Crippen molar-refractivity contribution in [2.24, 2.45) is 10.7 Å². The molecule has 0 saturated carbocycles. The molecule has 1 amide bonds. The fraction of sp³-hybridized carbons (Fsp3) is 0.235. The Balaban J connectivity index is 1.79. The number of nitrogens with zero attached hydrogens (tertiary/aromatic N) is 2. The monoisotopic (exact) mass is 311 g/mol. The van der Waals surface area contributed by atoms with Crippen molar-refractivity contribution < 1.29 is 4.79 Å². The highest BCUT2D eigenvalue weighted by Crippen LogP contribution is 2.13. The average molecular weight is 311 g/mol. The van der Waals surface area contributed by atoms with E-state index in [1.165, 1.54) is 17.3 Å². The number of aromatic nitrogens is 1. The maximum atomic E-state index is 11.8. The molecule has 1 aromatic heterocycles. The summed E-state index contributed by atoms with van der Waals surface area (Å²) >= 11 is 0. The number of benzene rings is 1. The van der Waals surface area contributed by atoms with E-state index in [-0.39, 0.29) is 5.91 Å². The van der Waals surface area contributed by atoms with Gasteiger partial charge in [-0.15, -0.1) is 0 Å². The zero-order valence-corrected chi connectivity index (χ0v) is 13.3. The van der Waals surface area contributed by atoms with Gasteiger partial charge in [0.15, 0.2) is 5.96 Å². The molecule has 2 aromatic rings. The van der Waals surface area contributed by atoms with Crippen molar-refractivity contribution in [3.63, 3.8) is 0 Å². The second-order valence-corrected chi connectivity index (χ2v) is 5.19. The number of hydrogen-bond acceptors (Lipinski definition) is 3. The third-order valence-corrected chi connectivity index (χ3v) is 3.38. The number of carbonyl (C=O) groups is 1. The molecule has 6 nitrogen and oxygen atoms in total. The maximum absolute atomic E-state index is 11.8. The quantitative estimate of drug-likeness (QED) is 0.446. The molecule has 0 saturated heterocycles. The molecule has 1 aromatic carbocycles. The molecule has 0 bridgehead atoms. The first-order chi connectivity index (χ1) is 11.1. The first-order valence-electron chi connectivity index (χ1n) is 7.38. The van der Waals surface area contributed by atoms with Gasteiger partial charge in [-0.25, -0.2) is 0 Å². The number of pyridine rings is 1. The minimum Gasteiger partial charge on any atom is -0.370 e. The van der Waals surface area contributed by atoms with Gasteiger partial charge in [0.25, 0.3) is 5.91 Å². The molecule has 0 aliphatic rings. The standard InChI is InChI=1S/C17H21N5O/c1-12-5-6-15(10-13(12)2)22-17(18)21-9-8-20-16(23)14-4-3-7-19-11-14/h3-7,10-11H,8-9H2,1-2H3,(H,20,23)(H3,18,21,22). The summed E-state index contributed by atoms with van der Waals surface area (Å²) in [5.41, 5.74) is 9.67. The van der Waals surface area contributed by atoms with Crippen LogP contribution < -0.4 is 16.4 Å². The number of aliphatic imine (C=N–C) groups is 1. The number of guanidine groups is 1. The van der Waals surface area contributed by atoms with E-state index in [0.29, 0.717) is 24.6 Å². The van der Waals surface area contributed by atoms with Crippen LogP contribution in [0, 0.1) is 13.8 Å². The Labute approximate surface area is 135 Å². The van der Waals surface area contributed by atoms with Crippen LogP contribution in [0.3, 0.4) is 0 Å². The van der Waals surface area contributed by atoms with E-state index in [1.807, 2.05) is 25.1 Å². The van der Waals surface area contributed by atoms with Crippen LogP contribution in [0.1, 0.15) is 21.5 Å². The molecule has 0 aliphatic carbocycles. The van der Waals surface area contributed by atoms with Crippen LogP contribution >= 0.6 is 0 Å². The molecule has 0 unspecified atom stereocenters. The fourth-order valence-electron chi connectivity index (χ4n) is 1.95. The van der Waals surface area contributed by atoms with Crippen molar-refractivity contribution >= 4 is 17.6 Å². The topological polar surface area (TPSA) is 92.4 Å². The van der Waals surface area contributed by atoms with Gasteiger partial charge in [-0.1, -0.05) is 6.07 Å². The molecule has 4 N–H and O–H groups in total. The van der Waals surface area contributed by atoms with E-state index < -0.39 is 0 Å². The summed E-state index contributed by atoms with van der Waals surface area (Å²) in [4.78, 5) is 19.9. The molecule has 23 heavy (non-hydrogen) atoms. The van der Waals surface area contributed by atoms with Crippen LogP contribution in [-0.4, -0.2) is 29.9 Å². The van der Waals surface area contributed by atoms with E-state index in [9.17, 15) is 4.79 Å². The number of nitrogens with one attached hydrogen (secondary N) is 2. The van der Waals surface area contributed by atoms with Gasteiger partial charge in [-0.2, -0.15) is 0 Å². The van der Waals surface area contributed by atoms with Gasteiger partial charge in [0, 0.05) is 24.6 Å². The smallest absolute Gasteiger partial charge is 0.252 e. The van der Waals surface area contributed by atoms with Gasteiger partial charge in [-0.3, -0.25) is 14.8 Å². The Morgan fingerprint density at radius 1 is 1.26 bits per heavy atom. The first kappa shape index (κ1) is 16.5. The van der Waals surface area contributed by atoms with Crippen molar-refractivity contribution in [1.29, 1.82) is 0 Å². The third kappa shape index (κ3) is 5.10. The second-order valence-electron chi connectivity index (χ2n) is 5.19. The molecule has 0 spiro atoms. The lowest BCUT2D eigenvalue weighted by atomic mass is 10.1. The normalized spacial score (nSPS) is 11.1. The van der Waals surface area contributed by atoms with Gasteiger partial charge < -0.3 is 16.4 Å². The van der Waals surface area contributed by atoms with Crippen molar-refractivity contribution in [2.45, 2.75) is 13.8 Å². The summed E-state index contributed by atoms with van der Waals surface area (Å²) in [6.45, 7) is 4.90. The minimum absolute atomic E-state index is 0.172. The van der Waals surface area contributed by atoms with E-state index >= 15 is 0 Å². The van der Waals surface area contributed by atoms with Gasteiger partial charge in [0.2, 0.25) is 0 Å². The van der Waals surface area contributed by atoms with Gasteiger partial charge in [0.05, 0.1) is 12.1 Å². The lowest BCUT2D eigenvalue weighted by Crippen LogP contribution is -2.28. The zero-order valence-electron chi connectivity index (χ0n) is 13.3. The Kier molecular flexibility index (Phi) is 5.68. The SMILES string of the molecule is Cc1ccc(NC(N)=NCCNC(=O)c2cccnc2)cc1C. The lowest BCUT2D eigenvalue weighted by Gasteiger charge is -2.08. The van der Waals surface area contributed by atoms with Crippen molar-refractivity contribution in [3.8, 4) is 0 Å². The number of aryl methyl sites for hydroxylation is 2. The Hall–Kier alpha value is -2.89. The zero-order chi connectivity index (χ0) is 16.7. The van der Waals surface area contributed by atoms with Gasteiger partial charge in [-0.05, 0) is 49.2 Å². The molecule has 1 heterocycles. The van der Waals surface area contributed by atoms with Crippen molar-refractivity contribution in [3.05, 3.63) is 59.4 Å². The van der Waals surface area contributed by atoms with Crippen molar-refractivity contribution in [2.75, 3.05) is 18.4 Å². The number of nitrogens with two attached hydrogens (primary N) is 1. The van der Waals surface area contributed by atoms with E-state index in [0.717, 1.165) is 5.69 Å². The number of amides is 1. The minimum atomic E-state index is -0.172. The van der Waals surface area contributed by atoms with Crippen LogP contribution in [0.15, 0.2) is 47.7 Å². The van der Waals surface area contributed by atoms with Gasteiger partial charge >= 0.3 is 0 Å². The molecular weight excluding hydrogens is 290 g/mol. The summed E-state index contributed by atoms with van der Waals surface area (Å²) in [7, 11) is 0. The highest BCUT2D eigenvalue weighted by molar-refractivity contribution is 5.94. The third-order valence-electron chi connectivity index (χ3n) is 3.38. The predicted octanol–water partition coefficient (Wildman–Crippen LogP) is 1.86. The van der Waals surface area contributed by atoms with Crippen molar-refractivity contribution in [1.82, 2.24) is 10.3 Å². The molecule has 0 radical (unpaired) electrons. The molecule has 0 aliphatic heterocycles.